The third kappa shape index (κ3) is 3.67. The van der Waals surface area contributed by atoms with Crippen LogP contribution in [-0.4, -0.2) is 30.0 Å². The molecule has 0 unspecified atom stereocenters. The number of carbonyl (C=O) groups is 2. The molecule has 0 saturated heterocycles. The highest BCUT2D eigenvalue weighted by Crippen LogP contribution is 2.21. The molecular weight excluding hydrogens is 306 g/mol. The molecule has 0 aliphatic rings. The Labute approximate surface area is 142 Å². The lowest BCUT2D eigenvalue weighted by atomic mass is 10.1. The molecule has 5 heteroatoms. The molecule has 1 aromatic carbocycles. The molecule has 0 aliphatic heterocycles. The van der Waals surface area contributed by atoms with Crippen LogP contribution in [0.5, 0.6) is 5.75 Å². The van der Waals surface area contributed by atoms with Crippen LogP contribution in [0.1, 0.15) is 50.2 Å². The molecule has 5 nitrogen and oxygen atoms in total. The van der Waals surface area contributed by atoms with Crippen molar-refractivity contribution in [1.29, 1.82) is 0 Å². The fourth-order valence-electron chi connectivity index (χ4n) is 2.72. The molecule has 0 radical (unpaired) electrons. The Hall–Kier alpha value is -2.56. The maximum atomic E-state index is 12.5. The molecule has 1 N–H and O–H groups in total. The maximum Gasteiger partial charge on any atom is 0.340 e. The number of Topliss-reactive ketones (excluding diaryl/α,β-unsaturated/α-hetero) is 1. The van der Waals surface area contributed by atoms with Gasteiger partial charge >= 0.3 is 5.97 Å². The van der Waals surface area contributed by atoms with Crippen LogP contribution in [-0.2, 0) is 4.74 Å². The van der Waals surface area contributed by atoms with Crippen LogP contribution in [0.2, 0.25) is 0 Å². The zero-order valence-corrected chi connectivity index (χ0v) is 14.8. The lowest BCUT2D eigenvalue weighted by Crippen LogP contribution is -2.14. The SMILES string of the molecule is CCOC(=O)c1c(C)[nH]c(C(=O)COc2ccc(C)cc2C)c1C. The highest BCUT2D eigenvalue weighted by molar-refractivity contribution is 6.02. The Morgan fingerprint density at radius 1 is 1.12 bits per heavy atom. The van der Waals surface area contributed by atoms with E-state index in [1.165, 1.54) is 0 Å². The van der Waals surface area contributed by atoms with E-state index in [0.717, 1.165) is 11.1 Å². The number of ketones is 1. The second-order valence-electron chi connectivity index (χ2n) is 5.83. The molecule has 0 spiro atoms. The Balaban J connectivity index is 2.15. The van der Waals surface area contributed by atoms with Gasteiger partial charge in [-0.05, 0) is 51.8 Å². The fraction of sp³-hybridized carbons (Fsp3) is 0.368. The quantitative estimate of drug-likeness (QED) is 0.648. The smallest absolute Gasteiger partial charge is 0.340 e. The topological polar surface area (TPSA) is 68.4 Å². The van der Waals surface area contributed by atoms with Crippen molar-refractivity contribution in [3.63, 3.8) is 0 Å². The van der Waals surface area contributed by atoms with Crippen LogP contribution in [0, 0.1) is 27.7 Å². The van der Waals surface area contributed by atoms with Crippen molar-refractivity contribution in [1.82, 2.24) is 4.98 Å². The molecule has 0 amide bonds. The van der Waals surface area contributed by atoms with Crippen molar-refractivity contribution >= 4 is 11.8 Å². The Bertz CT molecular complexity index is 774. The summed E-state index contributed by atoms with van der Waals surface area (Å²) in [5, 5.41) is 0. The minimum atomic E-state index is -0.418. The van der Waals surface area contributed by atoms with Crippen LogP contribution in [0.25, 0.3) is 0 Å². The zero-order valence-electron chi connectivity index (χ0n) is 14.8. The molecule has 1 heterocycles. The van der Waals surface area contributed by atoms with Crippen LogP contribution in [0.3, 0.4) is 0 Å². The first-order valence-corrected chi connectivity index (χ1v) is 7.94. The number of esters is 1. The van der Waals surface area contributed by atoms with Crippen molar-refractivity contribution in [3.05, 3.63) is 51.8 Å². The van der Waals surface area contributed by atoms with E-state index in [0.29, 0.717) is 34.9 Å². The first kappa shape index (κ1) is 17.8. The number of aromatic nitrogens is 1. The first-order chi connectivity index (χ1) is 11.3. The second-order valence-corrected chi connectivity index (χ2v) is 5.83. The molecule has 0 saturated carbocycles. The van der Waals surface area contributed by atoms with E-state index < -0.39 is 5.97 Å². The molecular formula is C19H23NO4. The molecule has 2 rings (SSSR count). The predicted octanol–water partition coefficient (Wildman–Crippen LogP) is 3.69. The van der Waals surface area contributed by atoms with Gasteiger partial charge in [0.25, 0.3) is 0 Å². The van der Waals surface area contributed by atoms with E-state index in [9.17, 15) is 9.59 Å². The first-order valence-electron chi connectivity index (χ1n) is 7.94. The average molecular weight is 329 g/mol. The fourth-order valence-corrected chi connectivity index (χ4v) is 2.72. The number of hydrogen-bond acceptors (Lipinski definition) is 4. The largest absolute Gasteiger partial charge is 0.485 e. The summed E-state index contributed by atoms with van der Waals surface area (Å²) in [6, 6.07) is 5.80. The molecule has 0 atom stereocenters. The van der Waals surface area contributed by atoms with Crippen LogP contribution in [0.15, 0.2) is 18.2 Å². The van der Waals surface area contributed by atoms with E-state index in [-0.39, 0.29) is 12.4 Å². The summed E-state index contributed by atoms with van der Waals surface area (Å²) in [5.74, 6) is 0.0599. The summed E-state index contributed by atoms with van der Waals surface area (Å²) < 4.78 is 10.7. The van der Waals surface area contributed by atoms with Crippen LogP contribution < -0.4 is 4.74 Å². The highest BCUT2D eigenvalue weighted by Gasteiger charge is 2.23. The van der Waals surface area contributed by atoms with E-state index >= 15 is 0 Å². The van der Waals surface area contributed by atoms with Gasteiger partial charge in [0.05, 0.1) is 17.9 Å². The van der Waals surface area contributed by atoms with Gasteiger partial charge < -0.3 is 14.5 Å². The third-order valence-corrected chi connectivity index (χ3v) is 3.89. The zero-order chi connectivity index (χ0) is 17.9. The van der Waals surface area contributed by atoms with Crippen molar-refractivity contribution in [3.8, 4) is 5.75 Å². The number of ether oxygens (including phenoxy) is 2. The Kier molecular flexibility index (Phi) is 5.44. The number of hydrogen-bond donors (Lipinski definition) is 1. The van der Waals surface area contributed by atoms with Gasteiger partial charge in [-0.3, -0.25) is 4.79 Å². The average Bonchev–Trinajstić information content (AvgIpc) is 2.81. The lowest BCUT2D eigenvalue weighted by molar-refractivity contribution is 0.0525. The summed E-state index contributed by atoms with van der Waals surface area (Å²) in [7, 11) is 0. The predicted molar refractivity (Wildman–Crippen MR) is 92.0 cm³/mol. The molecule has 128 valence electrons. The minimum Gasteiger partial charge on any atom is -0.485 e. The molecule has 2 aromatic rings. The van der Waals surface area contributed by atoms with Gasteiger partial charge in [-0.1, -0.05) is 17.7 Å². The number of aromatic amines is 1. The van der Waals surface area contributed by atoms with E-state index in [2.05, 4.69) is 4.98 Å². The van der Waals surface area contributed by atoms with Gasteiger partial charge in [0.2, 0.25) is 5.78 Å². The van der Waals surface area contributed by atoms with Gasteiger partial charge in [0, 0.05) is 5.69 Å². The Morgan fingerprint density at radius 3 is 2.46 bits per heavy atom. The van der Waals surface area contributed by atoms with Crippen molar-refractivity contribution < 1.29 is 19.1 Å². The highest BCUT2D eigenvalue weighted by atomic mass is 16.5. The van der Waals surface area contributed by atoms with E-state index in [1.54, 1.807) is 20.8 Å². The van der Waals surface area contributed by atoms with Crippen LogP contribution in [0.4, 0.5) is 0 Å². The molecule has 0 fully saturated rings. The summed E-state index contributed by atoms with van der Waals surface area (Å²) >= 11 is 0. The number of H-pyrrole nitrogens is 1. The van der Waals surface area contributed by atoms with Crippen molar-refractivity contribution in [2.75, 3.05) is 13.2 Å². The molecule has 1 aromatic heterocycles. The van der Waals surface area contributed by atoms with E-state index in [4.69, 9.17) is 9.47 Å². The van der Waals surface area contributed by atoms with Crippen molar-refractivity contribution in [2.24, 2.45) is 0 Å². The van der Waals surface area contributed by atoms with Crippen LogP contribution >= 0.6 is 0 Å². The lowest BCUT2D eigenvalue weighted by Gasteiger charge is -2.09. The second kappa shape index (κ2) is 7.34. The number of rotatable bonds is 6. The summed E-state index contributed by atoms with van der Waals surface area (Å²) in [6.07, 6.45) is 0. The molecule has 0 bridgehead atoms. The Morgan fingerprint density at radius 2 is 1.83 bits per heavy atom. The minimum absolute atomic E-state index is 0.0903. The van der Waals surface area contributed by atoms with Gasteiger partial charge in [0.15, 0.2) is 6.61 Å². The van der Waals surface area contributed by atoms with Gasteiger partial charge in [-0.25, -0.2) is 4.79 Å². The number of aryl methyl sites for hydroxylation is 3. The summed E-state index contributed by atoms with van der Waals surface area (Å²) in [4.78, 5) is 27.4. The van der Waals surface area contributed by atoms with Gasteiger partial charge in [-0.15, -0.1) is 0 Å². The number of nitrogens with one attached hydrogen (secondary N) is 1. The normalized spacial score (nSPS) is 10.5. The molecule has 24 heavy (non-hydrogen) atoms. The van der Waals surface area contributed by atoms with Gasteiger partial charge in [0.1, 0.15) is 5.75 Å². The maximum absolute atomic E-state index is 12.5. The summed E-state index contributed by atoms with van der Waals surface area (Å²) in [5.41, 5.74) is 4.16. The number of carbonyl (C=O) groups excluding carboxylic acids is 2. The third-order valence-electron chi connectivity index (χ3n) is 3.89. The molecule has 0 aliphatic carbocycles. The van der Waals surface area contributed by atoms with Gasteiger partial charge in [-0.2, -0.15) is 0 Å². The summed E-state index contributed by atoms with van der Waals surface area (Å²) in [6.45, 7) is 9.38. The van der Waals surface area contributed by atoms with Crippen molar-refractivity contribution in [2.45, 2.75) is 34.6 Å². The standard InChI is InChI=1S/C19H23NO4/c1-6-23-19(22)17-13(4)18(20-14(17)5)15(21)10-24-16-8-7-11(2)9-12(16)3/h7-9,20H,6,10H2,1-5H3. The monoisotopic (exact) mass is 329 g/mol. The van der Waals surface area contributed by atoms with E-state index in [1.807, 2.05) is 32.0 Å². The number of benzene rings is 1.